The van der Waals surface area contributed by atoms with Gasteiger partial charge in [-0.25, -0.2) is 0 Å². The minimum absolute atomic E-state index is 0.234. The van der Waals surface area contributed by atoms with Gasteiger partial charge in [-0.05, 0) is 41.7 Å². The SMILES string of the molecule is CCCCC/C(=C\c1nnc(-c2ccc(CN3CC(C(=O)O)C3)cc2)o1)c1ccccc1. The normalized spacial score (nSPS) is 15.0. The second-order valence-electron chi connectivity index (χ2n) is 8.36. The van der Waals surface area contributed by atoms with E-state index in [1.807, 2.05) is 48.5 Å². The Kier molecular flexibility index (Phi) is 7.12. The van der Waals surface area contributed by atoms with Gasteiger partial charge in [0.2, 0.25) is 11.8 Å². The van der Waals surface area contributed by atoms with Gasteiger partial charge in [-0.15, -0.1) is 10.2 Å². The fourth-order valence-corrected chi connectivity index (χ4v) is 3.94. The molecule has 1 aliphatic rings. The first-order chi connectivity index (χ1) is 15.6. The molecule has 0 unspecified atom stereocenters. The van der Waals surface area contributed by atoms with Gasteiger partial charge < -0.3 is 9.52 Å². The molecule has 3 aromatic rings. The van der Waals surface area contributed by atoms with Crippen LogP contribution in [-0.4, -0.2) is 39.3 Å². The Morgan fingerprint density at radius 3 is 2.53 bits per heavy atom. The highest BCUT2D eigenvalue weighted by Gasteiger charge is 2.32. The first-order valence-corrected chi connectivity index (χ1v) is 11.3. The van der Waals surface area contributed by atoms with E-state index in [-0.39, 0.29) is 5.92 Å². The Labute approximate surface area is 188 Å². The maximum absolute atomic E-state index is 10.9. The molecule has 0 bridgehead atoms. The second-order valence-corrected chi connectivity index (χ2v) is 8.36. The number of rotatable bonds is 10. The lowest BCUT2D eigenvalue weighted by Crippen LogP contribution is -2.49. The number of carboxylic acids is 1. The number of nitrogens with zero attached hydrogens (tertiary/aromatic N) is 3. The topological polar surface area (TPSA) is 79.5 Å². The van der Waals surface area contributed by atoms with Crippen LogP contribution in [0.15, 0.2) is 59.0 Å². The van der Waals surface area contributed by atoms with Gasteiger partial charge in [0.1, 0.15) is 0 Å². The standard InChI is InChI=1S/C26H29N3O3/c1-2-3-5-10-22(20-8-6-4-7-9-20)15-24-27-28-25(32-24)21-13-11-19(12-14-21)16-29-17-23(18-29)26(30)31/h4,6-9,11-15,23H,2-3,5,10,16-18H2,1H3,(H,30,31)/b22-15+. The molecule has 1 N–H and O–H groups in total. The molecule has 166 valence electrons. The quantitative estimate of drug-likeness (QED) is 0.435. The van der Waals surface area contributed by atoms with Crippen LogP contribution >= 0.6 is 0 Å². The average Bonchev–Trinajstić information content (AvgIpc) is 3.25. The van der Waals surface area contributed by atoms with Crippen molar-refractivity contribution in [2.24, 2.45) is 5.92 Å². The number of aliphatic carboxylic acids is 1. The van der Waals surface area contributed by atoms with Crippen molar-refractivity contribution in [2.45, 2.75) is 39.2 Å². The maximum atomic E-state index is 10.9. The third-order valence-corrected chi connectivity index (χ3v) is 5.85. The third-order valence-electron chi connectivity index (χ3n) is 5.85. The molecule has 1 aromatic heterocycles. The summed E-state index contributed by atoms with van der Waals surface area (Å²) in [7, 11) is 0. The highest BCUT2D eigenvalue weighted by Crippen LogP contribution is 2.26. The van der Waals surface area contributed by atoms with Crippen LogP contribution in [0, 0.1) is 5.92 Å². The van der Waals surface area contributed by atoms with Gasteiger partial charge in [-0.2, -0.15) is 0 Å². The summed E-state index contributed by atoms with van der Waals surface area (Å²) in [5, 5.41) is 17.5. The second kappa shape index (κ2) is 10.4. The smallest absolute Gasteiger partial charge is 0.309 e. The molecule has 6 heteroatoms. The molecule has 1 aliphatic heterocycles. The molecule has 2 heterocycles. The van der Waals surface area contributed by atoms with Gasteiger partial charge in [0.05, 0.1) is 5.92 Å². The minimum atomic E-state index is -0.710. The Morgan fingerprint density at radius 2 is 1.84 bits per heavy atom. The molecule has 0 amide bonds. The van der Waals surface area contributed by atoms with Crippen LogP contribution < -0.4 is 0 Å². The van der Waals surface area contributed by atoms with Crippen molar-refractivity contribution in [2.75, 3.05) is 13.1 Å². The van der Waals surface area contributed by atoms with E-state index in [1.54, 1.807) is 0 Å². The summed E-state index contributed by atoms with van der Waals surface area (Å²) in [5.41, 5.74) is 4.40. The number of aromatic nitrogens is 2. The summed E-state index contributed by atoms with van der Waals surface area (Å²) in [4.78, 5) is 13.1. The molecular weight excluding hydrogens is 402 g/mol. The number of benzene rings is 2. The Balaban J connectivity index is 1.43. The number of hydrogen-bond acceptors (Lipinski definition) is 5. The average molecular weight is 432 g/mol. The van der Waals surface area contributed by atoms with Crippen molar-refractivity contribution in [3.05, 3.63) is 71.6 Å². The summed E-state index contributed by atoms with van der Waals surface area (Å²) < 4.78 is 5.95. The molecule has 32 heavy (non-hydrogen) atoms. The van der Waals surface area contributed by atoms with Crippen molar-refractivity contribution in [1.29, 1.82) is 0 Å². The molecule has 1 saturated heterocycles. The van der Waals surface area contributed by atoms with Crippen molar-refractivity contribution in [1.82, 2.24) is 15.1 Å². The fraction of sp³-hybridized carbons (Fsp3) is 0.346. The van der Waals surface area contributed by atoms with Gasteiger partial charge >= 0.3 is 5.97 Å². The Morgan fingerprint density at radius 1 is 1.09 bits per heavy atom. The van der Waals surface area contributed by atoms with Crippen LogP contribution in [0.25, 0.3) is 23.1 Å². The molecule has 0 atom stereocenters. The van der Waals surface area contributed by atoms with E-state index in [0.29, 0.717) is 24.9 Å². The Hall–Kier alpha value is -3.25. The van der Waals surface area contributed by atoms with E-state index < -0.39 is 5.97 Å². The van der Waals surface area contributed by atoms with Crippen LogP contribution in [-0.2, 0) is 11.3 Å². The molecule has 1 fully saturated rings. The summed E-state index contributed by atoms with van der Waals surface area (Å²) in [6.07, 6.45) is 6.48. The lowest BCUT2D eigenvalue weighted by atomic mass is 9.99. The lowest BCUT2D eigenvalue weighted by molar-refractivity contribution is -0.147. The Bertz CT molecular complexity index is 1050. The molecule has 0 radical (unpaired) electrons. The first-order valence-electron chi connectivity index (χ1n) is 11.3. The summed E-state index contributed by atoms with van der Waals surface area (Å²) >= 11 is 0. The van der Waals surface area contributed by atoms with E-state index in [9.17, 15) is 4.79 Å². The number of carboxylic acid groups (broad SMARTS) is 1. The number of likely N-dealkylation sites (tertiary alicyclic amines) is 1. The van der Waals surface area contributed by atoms with Crippen LogP contribution in [0.2, 0.25) is 0 Å². The van der Waals surface area contributed by atoms with Gasteiger partial charge in [0.25, 0.3) is 0 Å². The van der Waals surface area contributed by atoms with E-state index in [4.69, 9.17) is 9.52 Å². The zero-order valence-electron chi connectivity index (χ0n) is 18.4. The van der Waals surface area contributed by atoms with E-state index in [0.717, 1.165) is 30.5 Å². The zero-order valence-corrected chi connectivity index (χ0v) is 18.4. The van der Waals surface area contributed by atoms with Gasteiger partial charge in [0, 0.05) is 31.3 Å². The third kappa shape index (κ3) is 5.51. The highest BCUT2D eigenvalue weighted by atomic mass is 16.4. The molecule has 0 spiro atoms. The molecule has 2 aromatic carbocycles. The molecule has 0 saturated carbocycles. The number of carbonyl (C=O) groups is 1. The van der Waals surface area contributed by atoms with Crippen LogP contribution in [0.4, 0.5) is 0 Å². The maximum Gasteiger partial charge on any atom is 0.309 e. The predicted molar refractivity (Wildman–Crippen MR) is 125 cm³/mol. The van der Waals surface area contributed by atoms with E-state index >= 15 is 0 Å². The monoisotopic (exact) mass is 431 g/mol. The van der Waals surface area contributed by atoms with Gasteiger partial charge in [-0.3, -0.25) is 9.69 Å². The van der Waals surface area contributed by atoms with Crippen molar-refractivity contribution in [3.63, 3.8) is 0 Å². The van der Waals surface area contributed by atoms with Crippen LogP contribution in [0.5, 0.6) is 0 Å². The molecule has 4 rings (SSSR count). The largest absolute Gasteiger partial charge is 0.481 e. The minimum Gasteiger partial charge on any atom is -0.481 e. The van der Waals surface area contributed by atoms with Gasteiger partial charge in [0.15, 0.2) is 0 Å². The van der Waals surface area contributed by atoms with E-state index in [1.165, 1.54) is 24.0 Å². The zero-order chi connectivity index (χ0) is 22.3. The molecule has 6 nitrogen and oxygen atoms in total. The molecule has 0 aliphatic carbocycles. The first kappa shape index (κ1) is 22.0. The lowest BCUT2D eigenvalue weighted by Gasteiger charge is -2.36. The van der Waals surface area contributed by atoms with Crippen molar-refractivity contribution in [3.8, 4) is 11.5 Å². The number of hydrogen-bond donors (Lipinski definition) is 1. The van der Waals surface area contributed by atoms with Crippen molar-refractivity contribution < 1.29 is 14.3 Å². The summed E-state index contributed by atoms with van der Waals surface area (Å²) in [5.74, 6) is 0.0684. The number of unbranched alkanes of at least 4 members (excludes halogenated alkanes) is 2. The van der Waals surface area contributed by atoms with Crippen LogP contribution in [0.1, 0.15) is 49.6 Å². The van der Waals surface area contributed by atoms with E-state index in [2.05, 4.69) is 34.2 Å². The summed E-state index contributed by atoms with van der Waals surface area (Å²) in [6.45, 7) is 4.18. The fourth-order valence-electron chi connectivity index (χ4n) is 3.94. The molecular formula is C26H29N3O3. The number of allylic oxidation sites excluding steroid dienone is 1. The van der Waals surface area contributed by atoms with Gasteiger partial charge in [-0.1, -0.05) is 62.2 Å². The van der Waals surface area contributed by atoms with Crippen LogP contribution in [0.3, 0.4) is 0 Å². The summed E-state index contributed by atoms with van der Waals surface area (Å²) in [6, 6.07) is 18.4. The van der Waals surface area contributed by atoms with Crippen molar-refractivity contribution >= 4 is 17.6 Å². The predicted octanol–water partition coefficient (Wildman–Crippen LogP) is 5.37. The highest BCUT2D eigenvalue weighted by molar-refractivity contribution is 5.79.